The van der Waals surface area contributed by atoms with Crippen molar-refractivity contribution in [3.63, 3.8) is 0 Å². The molecule has 0 saturated heterocycles. The molecule has 0 aliphatic rings. The minimum atomic E-state index is -1.08. The molecule has 0 radical (unpaired) electrons. The van der Waals surface area contributed by atoms with Gasteiger partial charge in [-0.15, -0.1) is 0 Å². The second-order valence-electron chi connectivity index (χ2n) is 4.41. The number of carbonyl (C=O) groups excluding carboxylic acids is 1. The lowest BCUT2D eigenvalue weighted by molar-refractivity contribution is -0.139. The first-order valence-electron chi connectivity index (χ1n) is 6.30. The number of imidazole rings is 1. The Morgan fingerprint density at radius 1 is 1.55 bits per heavy atom. The van der Waals surface area contributed by atoms with Gasteiger partial charge in [-0.2, -0.15) is 11.8 Å². The van der Waals surface area contributed by atoms with E-state index in [0.717, 1.165) is 6.42 Å². The predicted octanol–water partition coefficient (Wildman–Crippen LogP) is 0.846. The number of carboxylic acid groups (broad SMARTS) is 1. The maximum atomic E-state index is 11.6. The number of thioether (sulfide) groups is 1. The van der Waals surface area contributed by atoms with Gasteiger partial charge in [0.25, 0.3) is 0 Å². The van der Waals surface area contributed by atoms with Gasteiger partial charge in [-0.1, -0.05) is 6.92 Å². The van der Waals surface area contributed by atoms with Crippen LogP contribution in [0.5, 0.6) is 0 Å². The maximum absolute atomic E-state index is 11.6. The van der Waals surface area contributed by atoms with Crippen LogP contribution in [0.1, 0.15) is 19.0 Å². The first kappa shape index (κ1) is 16.4. The number of hydrogen-bond donors (Lipinski definition) is 4. The summed E-state index contributed by atoms with van der Waals surface area (Å²) in [6.45, 7) is 2.59. The Morgan fingerprint density at radius 2 is 2.30 bits per heavy atom. The van der Waals surface area contributed by atoms with E-state index in [2.05, 4.69) is 27.5 Å². The molecule has 1 aromatic rings. The Balaban J connectivity index is 2.37. The molecule has 8 heteroatoms. The van der Waals surface area contributed by atoms with E-state index in [0.29, 0.717) is 17.5 Å². The number of amides is 2. The molecule has 2 atom stereocenters. The smallest absolute Gasteiger partial charge is 0.326 e. The van der Waals surface area contributed by atoms with Crippen LogP contribution in [0.3, 0.4) is 0 Å². The van der Waals surface area contributed by atoms with Crippen LogP contribution >= 0.6 is 11.8 Å². The van der Waals surface area contributed by atoms with Crippen LogP contribution in [0, 0.1) is 0 Å². The largest absolute Gasteiger partial charge is 0.480 e. The van der Waals surface area contributed by atoms with Crippen molar-refractivity contribution in [2.45, 2.75) is 31.1 Å². The van der Waals surface area contributed by atoms with Gasteiger partial charge in [-0.25, -0.2) is 14.6 Å². The van der Waals surface area contributed by atoms with Gasteiger partial charge in [-0.05, 0) is 12.7 Å². The highest BCUT2D eigenvalue weighted by molar-refractivity contribution is 7.99. The molecule has 1 aromatic heterocycles. The van der Waals surface area contributed by atoms with Crippen molar-refractivity contribution >= 4 is 23.8 Å². The third-order valence-corrected chi connectivity index (χ3v) is 3.86. The highest BCUT2D eigenvalue weighted by Crippen LogP contribution is 2.07. The van der Waals surface area contributed by atoms with Crippen molar-refractivity contribution in [2.24, 2.45) is 0 Å². The van der Waals surface area contributed by atoms with E-state index in [-0.39, 0.29) is 6.42 Å². The van der Waals surface area contributed by atoms with Gasteiger partial charge in [0.05, 0.1) is 6.33 Å². The average molecular weight is 300 g/mol. The number of carboxylic acids is 1. The highest BCUT2D eigenvalue weighted by Gasteiger charge is 2.20. The zero-order valence-corrected chi connectivity index (χ0v) is 12.4. The van der Waals surface area contributed by atoms with Gasteiger partial charge in [0.2, 0.25) is 0 Å². The van der Waals surface area contributed by atoms with Crippen molar-refractivity contribution in [1.29, 1.82) is 0 Å². The second-order valence-corrected chi connectivity index (χ2v) is 5.68. The Morgan fingerprint density at radius 3 is 2.85 bits per heavy atom. The zero-order chi connectivity index (χ0) is 15.0. The summed E-state index contributed by atoms with van der Waals surface area (Å²) in [7, 11) is 0. The summed E-state index contributed by atoms with van der Waals surface area (Å²) < 4.78 is 0. The molecule has 0 fully saturated rings. The van der Waals surface area contributed by atoms with Crippen LogP contribution in [0.2, 0.25) is 0 Å². The lowest BCUT2D eigenvalue weighted by atomic mass is 10.2. The van der Waals surface area contributed by atoms with Crippen molar-refractivity contribution < 1.29 is 14.7 Å². The molecule has 112 valence electrons. The number of aromatic amines is 1. The van der Waals surface area contributed by atoms with Gasteiger partial charge < -0.3 is 20.7 Å². The quantitative estimate of drug-likeness (QED) is 0.569. The topological polar surface area (TPSA) is 107 Å². The van der Waals surface area contributed by atoms with Crippen LogP contribution < -0.4 is 10.6 Å². The van der Waals surface area contributed by atoms with Crippen molar-refractivity contribution in [3.8, 4) is 0 Å². The van der Waals surface area contributed by atoms with Crippen LogP contribution in [-0.4, -0.2) is 51.2 Å². The summed E-state index contributed by atoms with van der Waals surface area (Å²) in [6.07, 6.45) is 6.03. The minimum absolute atomic E-state index is 0.171. The molecule has 0 bridgehead atoms. The van der Waals surface area contributed by atoms with Gasteiger partial charge in [0, 0.05) is 30.1 Å². The summed E-state index contributed by atoms with van der Waals surface area (Å²) in [5.74, 6) is -1.08. The number of H-pyrrole nitrogens is 1. The number of rotatable bonds is 8. The molecule has 4 N–H and O–H groups in total. The third-order valence-electron chi connectivity index (χ3n) is 2.82. The number of hydrogen-bond acceptors (Lipinski definition) is 4. The van der Waals surface area contributed by atoms with E-state index in [1.807, 2.05) is 6.26 Å². The van der Waals surface area contributed by atoms with E-state index < -0.39 is 18.0 Å². The molecule has 0 aromatic carbocycles. The van der Waals surface area contributed by atoms with Crippen molar-refractivity contribution in [1.82, 2.24) is 20.6 Å². The minimum Gasteiger partial charge on any atom is -0.480 e. The average Bonchev–Trinajstić information content (AvgIpc) is 2.90. The third kappa shape index (κ3) is 5.96. The number of urea groups is 1. The Hall–Kier alpha value is -1.70. The summed E-state index contributed by atoms with van der Waals surface area (Å²) in [6, 6.07) is -1.45. The molecule has 0 aliphatic carbocycles. The van der Waals surface area contributed by atoms with Gasteiger partial charge in [-0.3, -0.25) is 0 Å². The lowest BCUT2D eigenvalue weighted by Crippen LogP contribution is -2.47. The number of nitrogens with one attached hydrogen (secondary N) is 3. The Labute approximate surface area is 121 Å². The first-order chi connectivity index (χ1) is 9.52. The Kier molecular flexibility index (Phi) is 6.92. The second kappa shape index (κ2) is 8.47. The zero-order valence-electron chi connectivity index (χ0n) is 11.5. The molecule has 7 nitrogen and oxygen atoms in total. The fraction of sp³-hybridized carbons (Fsp3) is 0.583. The van der Waals surface area contributed by atoms with Gasteiger partial charge in [0.15, 0.2) is 0 Å². The van der Waals surface area contributed by atoms with Crippen LogP contribution in [-0.2, 0) is 11.2 Å². The molecular weight excluding hydrogens is 280 g/mol. The maximum Gasteiger partial charge on any atom is 0.326 e. The number of nitrogens with zero attached hydrogens (tertiary/aromatic N) is 1. The highest BCUT2D eigenvalue weighted by atomic mass is 32.2. The first-order valence-corrected chi connectivity index (χ1v) is 7.59. The van der Waals surface area contributed by atoms with Crippen LogP contribution in [0.25, 0.3) is 0 Å². The van der Waals surface area contributed by atoms with E-state index in [9.17, 15) is 9.59 Å². The summed E-state index contributed by atoms with van der Waals surface area (Å²) in [4.78, 5) is 29.4. The molecule has 0 saturated carbocycles. The molecule has 0 aliphatic heterocycles. The van der Waals surface area contributed by atoms with E-state index in [1.54, 1.807) is 11.8 Å². The molecule has 20 heavy (non-hydrogen) atoms. The summed E-state index contributed by atoms with van der Waals surface area (Å²) >= 11 is 1.72. The molecular formula is C12H20N4O3S. The summed E-state index contributed by atoms with van der Waals surface area (Å²) in [5, 5.41) is 14.6. The summed E-state index contributed by atoms with van der Waals surface area (Å²) in [5.41, 5.74) is 0.661. The standard InChI is InChI=1S/C12H20N4O3S/c1-8(20-2)3-4-14-12(19)16-10(11(17)18)5-9-6-13-7-15-9/h6-8,10H,3-5H2,1-2H3,(H,13,15)(H,17,18)(H2,14,16,19). The molecule has 2 unspecified atom stereocenters. The normalized spacial score (nSPS) is 13.5. The van der Waals surface area contributed by atoms with Crippen molar-refractivity contribution in [3.05, 3.63) is 18.2 Å². The van der Waals surface area contributed by atoms with Crippen LogP contribution in [0.4, 0.5) is 4.79 Å². The molecule has 1 rings (SSSR count). The monoisotopic (exact) mass is 300 g/mol. The fourth-order valence-corrected chi connectivity index (χ4v) is 1.89. The SMILES string of the molecule is CSC(C)CCNC(=O)NC(Cc1cnc[nH]1)C(=O)O. The molecule has 2 amide bonds. The number of aromatic nitrogens is 2. The number of aliphatic carboxylic acids is 1. The van der Waals surface area contributed by atoms with Crippen LogP contribution in [0.15, 0.2) is 12.5 Å². The van der Waals surface area contributed by atoms with Gasteiger partial charge in [0.1, 0.15) is 6.04 Å². The lowest BCUT2D eigenvalue weighted by Gasteiger charge is -2.15. The Bertz CT molecular complexity index is 424. The fourth-order valence-electron chi connectivity index (χ4n) is 1.53. The number of carbonyl (C=O) groups is 2. The van der Waals surface area contributed by atoms with E-state index in [4.69, 9.17) is 5.11 Å². The van der Waals surface area contributed by atoms with Crippen molar-refractivity contribution in [2.75, 3.05) is 12.8 Å². The molecule has 1 heterocycles. The van der Waals surface area contributed by atoms with E-state index in [1.165, 1.54) is 12.5 Å². The molecule has 0 spiro atoms. The van der Waals surface area contributed by atoms with Gasteiger partial charge >= 0.3 is 12.0 Å². The van der Waals surface area contributed by atoms with E-state index >= 15 is 0 Å². The predicted molar refractivity (Wildman–Crippen MR) is 77.8 cm³/mol.